The number of nitrogens with one attached hydrogen (secondary N) is 1. The Hall–Kier alpha value is -1.88. The highest BCUT2D eigenvalue weighted by molar-refractivity contribution is 5.82. The molecule has 1 saturated heterocycles. The van der Waals surface area contributed by atoms with Crippen molar-refractivity contribution in [3.63, 3.8) is 0 Å². The molecule has 2 unspecified atom stereocenters. The van der Waals surface area contributed by atoms with Crippen LogP contribution in [0, 0.1) is 5.92 Å². The molecule has 6 rings (SSSR count). The highest BCUT2D eigenvalue weighted by Gasteiger charge is 2.69. The van der Waals surface area contributed by atoms with Gasteiger partial charge in [0.1, 0.15) is 23.2 Å². The van der Waals surface area contributed by atoms with Gasteiger partial charge in [0.25, 0.3) is 0 Å². The molecule has 0 radical (unpaired) electrons. The number of Topliss-reactive ketones (excluding diaryl/α,β-unsaturated/α-hetero) is 1. The van der Waals surface area contributed by atoms with Gasteiger partial charge in [0.15, 0.2) is 0 Å². The summed E-state index contributed by atoms with van der Waals surface area (Å²) in [4.78, 5) is 14.6. The Morgan fingerprint density at radius 3 is 2.68 bits per heavy atom. The second kappa shape index (κ2) is 9.29. The van der Waals surface area contributed by atoms with Gasteiger partial charge >= 0.3 is 0 Å². The summed E-state index contributed by atoms with van der Waals surface area (Å²) in [5.41, 5.74) is 2.88. The lowest BCUT2D eigenvalue weighted by Crippen LogP contribution is -3.21. The number of rotatable bonds is 7. The van der Waals surface area contributed by atoms with Gasteiger partial charge in [-0.3, -0.25) is 4.79 Å². The van der Waals surface area contributed by atoms with E-state index in [9.17, 15) is 9.90 Å². The van der Waals surface area contributed by atoms with E-state index in [2.05, 4.69) is 36.4 Å². The Kier molecular flexibility index (Phi) is 6.52. The number of quaternary nitrogens is 1. The predicted molar refractivity (Wildman–Crippen MR) is 128 cm³/mol. The topological polar surface area (TPSA) is 51.0 Å². The Balaban J connectivity index is 0.00000241. The molecule has 0 spiro atoms. The molecular formula is C29H36ClNO3. The number of ether oxygens (including phenoxy) is 1. The molecule has 2 N–H and O–H groups in total. The number of ketones is 1. The molecule has 34 heavy (non-hydrogen) atoms. The number of aromatic hydroxyl groups is 1. The van der Waals surface area contributed by atoms with Gasteiger partial charge in [-0.05, 0) is 49.3 Å². The minimum Gasteiger partial charge on any atom is -1.00 e. The zero-order valence-corrected chi connectivity index (χ0v) is 20.7. The molecule has 1 heterocycles. The van der Waals surface area contributed by atoms with Crippen molar-refractivity contribution in [2.75, 3.05) is 19.7 Å². The molecule has 182 valence electrons. The van der Waals surface area contributed by atoms with Crippen molar-refractivity contribution in [3.05, 3.63) is 65.2 Å². The second-order valence-electron chi connectivity index (χ2n) is 11.0. The van der Waals surface area contributed by atoms with E-state index in [1.807, 2.05) is 12.1 Å². The van der Waals surface area contributed by atoms with Gasteiger partial charge in [-0.1, -0.05) is 42.5 Å². The Morgan fingerprint density at radius 1 is 1.06 bits per heavy atom. The summed E-state index contributed by atoms with van der Waals surface area (Å²) in [6, 6.07) is 17.0. The fourth-order valence-electron chi connectivity index (χ4n) is 7.51. The van der Waals surface area contributed by atoms with Gasteiger partial charge in [0.05, 0.1) is 13.1 Å². The second-order valence-corrected chi connectivity index (χ2v) is 11.0. The molecule has 4 nitrogen and oxygen atoms in total. The first-order chi connectivity index (χ1) is 16.1. The first kappa shape index (κ1) is 23.8. The standard InChI is InChI=1S/C29H35NO3.ClH/c31-24-13-14-29(33-17-5-8-21-6-2-1-3-7-21)26-18-23-9-4-10-25(32)27(23)28(29,19-24)15-16-30(26)20-22-11-12-22;/h1-4,6-7,9-10,22,26,32H,5,8,11-20H2;1H/t26?,28-,29-;/m1./s1. The molecule has 5 heteroatoms. The van der Waals surface area contributed by atoms with E-state index in [1.165, 1.54) is 30.5 Å². The van der Waals surface area contributed by atoms with E-state index >= 15 is 0 Å². The van der Waals surface area contributed by atoms with Crippen LogP contribution in [0.5, 0.6) is 5.75 Å². The van der Waals surface area contributed by atoms with Gasteiger partial charge in [0.2, 0.25) is 0 Å². The van der Waals surface area contributed by atoms with E-state index < -0.39 is 0 Å². The predicted octanol–water partition coefficient (Wildman–Crippen LogP) is 0.399. The number of hydrogen-bond acceptors (Lipinski definition) is 3. The van der Waals surface area contributed by atoms with E-state index in [1.54, 1.807) is 4.90 Å². The minimum atomic E-state index is -0.383. The van der Waals surface area contributed by atoms with Crippen LogP contribution in [0.15, 0.2) is 48.5 Å². The molecule has 1 aliphatic heterocycles. The first-order valence-corrected chi connectivity index (χ1v) is 13.0. The highest BCUT2D eigenvalue weighted by atomic mass is 35.5. The van der Waals surface area contributed by atoms with Gasteiger partial charge < -0.3 is 27.2 Å². The normalized spacial score (nSPS) is 31.8. The number of phenolic OH excluding ortho intramolecular Hbond substituents is 1. The average Bonchev–Trinajstić information content (AvgIpc) is 3.63. The van der Waals surface area contributed by atoms with Gasteiger partial charge in [-0.2, -0.15) is 0 Å². The largest absolute Gasteiger partial charge is 1.00 e. The number of carbonyl (C=O) groups is 1. The molecule has 2 aromatic carbocycles. The molecule has 0 amide bonds. The van der Waals surface area contributed by atoms with Gasteiger partial charge in [0, 0.05) is 49.2 Å². The molecule has 2 saturated carbocycles. The fraction of sp³-hybridized carbons (Fsp3) is 0.552. The van der Waals surface area contributed by atoms with Crippen LogP contribution in [0.3, 0.4) is 0 Å². The molecule has 0 aromatic heterocycles. The molecule has 2 aromatic rings. The number of fused-ring (bicyclic) bond motifs is 1. The van der Waals surface area contributed by atoms with Crippen LogP contribution in [0.4, 0.5) is 0 Å². The lowest BCUT2D eigenvalue weighted by atomic mass is 9.49. The summed E-state index contributed by atoms with van der Waals surface area (Å²) in [6.45, 7) is 3.02. The van der Waals surface area contributed by atoms with Crippen LogP contribution in [0.1, 0.15) is 61.6 Å². The SMILES string of the molecule is O=C1CC[C@@]2(OCCCc3ccccc3)C3Cc4cccc(O)c4[C@@]2(CC[NH+]3CC2CC2)C1.[Cl-]. The first-order valence-electron chi connectivity index (χ1n) is 13.0. The average molecular weight is 482 g/mol. The summed E-state index contributed by atoms with van der Waals surface area (Å²) in [5, 5.41) is 11.1. The van der Waals surface area contributed by atoms with Gasteiger partial charge in [-0.15, -0.1) is 0 Å². The van der Waals surface area contributed by atoms with Crippen LogP contribution < -0.4 is 17.3 Å². The summed E-state index contributed by atoms with van der Waals surface area (Å²) in [7, 11) is 0. The monoisotopic (exact) mass is 481 g/mol. The Labute approximate surface area is 209 Å². The lowest BCUT2D eigenvalue weighted by Gasteiger charge is -2.63. The van der Waals surface area contributed by atoms with Crippen molar-refractivity contribution >= 4 is 5.78 Å². The highest BCUT2D eigenvalue weighted by Crippen LogP contribution is 2.58. The number of aryl methyl sites for hydroxylation is 1. The van der Waals surface area contributed by atoms with Crippen LogP contribution in [0.25, 0.3) is 0 Å². The molecule has 4 aliphatic rings. The summed E-state index contributed by atoms with van der Waals surface area (Å²) in [5.74, 6) is 1.56. The maximum absolute atomic E-state index is 12.9. The minimum absolute atomic E-state index is 0. The molecule has 3 fully saturated rings. The number of piperidine rings is 1. The summed E-state index contributed by atoms with van der Waals surface area (Å²) in [6.07, 6.45) is 8.51. The third kappa shape index (κ3) is 3.88. The number of halogens is 1. The third-order valence-electron chi connectivity index (χ3n) is 9.10. The number of benzene rings is 2. The van der Waals surface area contributed by atoms with Crippen LogP contribution >= 0.6 is 0 Å². The van der Waals surface area contributed by atoms with E-state index in [-0.39, 0.29) is 23.4 Å². The molecule has 2 bridgehead atoms. The zero-order valence-electron chi connectivity index (χ0n) is 19.9. The Morgan fingerprint density at radius 2 is 1.88 bits per heavy atom. The van der Waals surface area contributed by atoms with E-state index in [0.717, 1.165) is 50.1 Å². The summed E-state index contributed by atoms with van der Waals surface area (Å²) >= 11 is 0. The smallest absolute Gasteiger partial charge is 0.134 e. The number of likely N-dealkylation sites (tertiary alicyclic amines) is 1. The Bertz CT molecular complexity index is 1040. The van der Waals surface area contributed by atoms with Crippen molar-refractivity contribution < 1.29 is 31.9 Å². The van der Waals surface area contributed by atoms with Crippen molar-refractivity contribution in [1.82, 2.24) is 0 Å². The maximum atomic E-state index is 12.9. The summed E-state index contributed by atoms with van der Waals surface area (Å²) < 4.78 is 7.06. The van der Waals surface area contributed by atoms with Crippen molar-refractivity contribution in [3.8, 4) is 5.75 Å². The van der Waals surface area contributed by atoms with Crippen molar-refractivity contribution in [2.24, 2.45) is 5.92 Å². The van der Waals surface area contributed by atoms with Crippen molar-refractivity contribution in [1.29, 1.82) is 0 Å². The maximum Gasteiger partial charge on any atom is 0.134 e. The number of carbonyl (C=O) groups excluding carboxylic acids is 1. The zero-order chi connectivity index (χ0) is 22.5. The van der Waals surface area contributed by atoms with Crippen molar-refractivity contribution in [2.45, 2.75) is 74.8 Å². The van der Waals surface area contributed by atoms with Gasteiger partial charge in [-0.25, -0.2) is 0 Å². The number of hydrogen-bond donors (Lipinski definition) is 2. The van der Waals surface area contributed by atoms with E-state index in [0.29, 0.717) is 37.0 Å². The molecule has 4 atom stereocenters. The van der Waals surface area contributed by atoms with Crippen LogP contribution in [-0.4, -0.2) is 42.2 Å². The fourth-order valence-corrected chi connectivity index (χ4v) is 7.51. The molecular weight excluding hydrogens is 446 g/mol. The van der Waals surface area contributed by atoms with Crippen LogP contribution in [-0.2, 0) is 27.8 Å². The van der Waals surface area contributed by atoms with E-state index in [4.69, 9.17) is 4.74 Å². The lowest BCUT2D eigenvalue weighted by molar-refractivity contribution is -0.944. The van der Waals surface area contributed by atoms with Crippen LogP contribution in [0.2, 0.25) is 0 Å². The molecule has 3 aliphatic carbocycles. The third-order valence-corrected chi connectivity index (χ3v) is 9.10. The quantitative estimate of drug-likeness (QED) is 0.563. The number of phenols is 1.